The summed E-state index contributed by atoms with van der Waals surface area (Å²) in [6, 6.07) is 8.98. The molecule has 1 aliphatic heterocycles. The Morgan fingerprint density at radius 3 is 2.90 bits per heavy atom. The Labute approximate surface area is 120 Å². The summed E-state index contributed by atoms with van der Waals surface area (Å²) >= 11 is 0. The van der Waals surface area contributed by atoms with Crippen molar-refractivity contribution in [3.05, 3.63) is 35.9 Å². The summed E-state index contributed by atoms with van der Waals surface area (Å²) in [7, 11) is 0. The monoisotopic (exact) mass is 276 g/mol. The zero-order chi connectivity index (χ0) is 14.4. The van der Waals surface area contributed by atoms with Crippen LogP contribution in [-0.2, 0) is 9.53 Å². The molecule has 1 amide bonds. The average Bonchev–Trinajstić information content (AvgIpc) is 2.52. The highest BCUT2D eigenvalue weighted by atomic mass is 16.5. The van der Waals surface area contributed by atoms with Crippen molar-refractivity contribution in [3.8, 4) is 0 Å². The molecule has 0 radical (unpaired) electrons. The summed E-state index contributed by atoms with van der Waals surface area (Å²) in [6.07, 6.45) is 3.19. The van der Waals surface area contributed by atoms with Gasteiger partial charge in [0.2, 0.25) is 5.91 Å². The molecule has 2 atom stereocenters. The van der Waals surface area contributed by atoms with E-state index in [1.807, 2.05) is 35.2 Å². The first-order valence-electron chi connectivity index (χ1n) is 7.43. The molecule has 2 unspecified atom stereocenters. The van der Waals surface area contributed by atoms with Crippen LogP contribution in [0.3, 0.4) is 0 Å². The van der Waals surface area contributed by atoms with Gasteiger partial charge in [0.25, 0.3) is 0 Å². The lowest BCUT2D eigenvalue weighted by Crippen LogP contribution is -2.46. The van der Waals surface area contributed by atoms with Gasteiger partial charge in [0.15, 0.2) is 0 Å². The van der Waals surface area contributed by atoms with Gasteiger partial charge >= 0.3 is 0 Å². The van der Waals surface area contributed by atoms with Crippen molar-refractivity contribution in [1.82, 2.24) is 4.90 Å². The van der Waals surface area contributed by atoms with E-state index < -0.39 is 6.04 Å². The van der Waals surface area contributed by atoms with Gasteiger partial charge in [-0.3, -0.25) is 4.79 Å². The van der Waals surface area contributed by atoms with Crippen LogP contribution in [0.1, 0.15) is 37.8 Å². The van der Waals surface area contributed by atoms with Crippen LogP contribution in [0.4, 0.5) is 0 Å². The number of nitrogens with two attached hydrogens (primary N) is 1. The summed E-state index contributed by atoms with van der Waals surface area (Å²) in [6.45, 7) is 4.30. The Morgan fingerprint density at radius 1 is 1.45 bits per heavy atom. The fourth-order valence-electron chi connectivity index (χ4n) is 2.56. The maximum atomic E-state index is 12.5. The minimum Gasteiger partial charge on any atom is -0.376 e. The van der Waals surface area contributed by atoms with Crippen molar-refractivity contribution in [1.29, 1.82) is 0 Å². The Kier molecular flexibility index (Phi) is 5.56. The molecule has 0 bridgehead atoms. The van der Waals surface area contributed by atoms with Gasteiger partial charge in [-0.05, 0) is 24.8 Å². The van der Waals surface area contributed by atoms with Crippen LogP contribution in [0.25, 0.3) is 0 Å². The van der Waals surface area contributed by atoms with Crippen LogP contribution in [0.2, 0.25) is 0 Å². The minimum absolute atomic E-state index is 0.000925. The third kappa shape index (κ3) is 3.81. The summed E-state index contributed by atoms with van der Waals surface area (Å²) in [5.74, 6) is 0.000925. The zero-order valence-electron chi connectivity index (χ0n) is 12.1. The summed E-state index contributed by atoms with van der Waals surface area (Å²) < 4.78 is 5.76. The molecule has 0 aromatic heterocycles. The van der Waals surface area contributed by atoms with E-state index in [9.17, 15) is 4.79 Å². The normalized spacial score (nSPS) is 20.7. The third-order valence-corrected chi connectivity index (χ3v) is 3.67. The fourth-order valence-corrected chi connectivity index (χ4v) is 2.56. The number of amides is 1. The highest BCUT2D eigenvalue weighted by Gasteiger charge is 2.27. The molecule has 0 spiro atoms. The Bertz CT molecular complexity index is 422. The van der Waals surface area contributed by atoms with E-state index in [1.165, 1.54) is 0 Å². The number of piperidine rings is 1. The van der Waals surface area contributed by atoms with Crippen LogP contribution in [0.5, 0.6) is 0 Å². The molecule has 1 aromatic rings. The molecule has 1 heterocycles. The largest absolute Gasteiger partial charge is 0.376 e. The number of benzene rings is 1. The zero-order valence-corrected chi connectivity index (χ0v) is 12.1. The number of carbonyl (C=O) groups is 1. The predicted molar refractivity (Wildman–Crippen MR) is 79.2 cm³/mol. The molecule has 4 heteroatoms. The second kappa shape index (κ2) is 7.41. The third-order valence-electron chi connectivity index (χ3n) is 3.67. The summed E-state index contributed by atoms with van der Waals surface area (Å²) in [5.41, 5.74) is 6.95. The Hall–Kier alpha value is -1.39. The van der Waals surface area contributed by atoms with Crippen molar-refractivity contribution in [2.45, 2.75) is 38.3 Å². The van der Waals surface area contributed by atoms with Gasteiger partial charge in [-0.1, -0.05) is 37.3 Å². The van der Waals surface area contributed by atoms with E-state index in [4.69, 9.17) is 10.5 Å². The van der Waals surface area contributed by atoms with Gasteiger partial charge < -0.3 is 15.4 Å². The molecule has 2 rings (SSSR count). The fraction of sp³-hybridized carbons (Fsp3) is 0.562. The van der Waals surface area contributed by atoms with E-state index in [1.54, 1.807) is 0 Å². The number of rotatable bonds is 5. The SMILES string of the molecule is CCCOC1CCCN(C(=O)C(N)c2ccccc2)C1. The van der Waals surface area contributed by atoms with Crippen molar-refractivity contribution in [2.75, 3.05) is 19.7 Å². The molecule has 1 fully saturated rings. The van der Waals surface area contributed by atoms with Crippen LogP contribution in [0, 0.1) is 0 Å². The number of carbonyl (C=O) groups excluding carboxylic acids is 1. The molecule has 0 aliphatic carbocycles. The van der Waals surface area contributed by atoms with Gasteiger partial charge in [0, 0.05) is 19.7 Å². The van der Waals surface area contributed by atoms with Crippen molar-refractivity contribution in [3.63, 3.8) is 0 Å². The Balaban J connectivity index is 1.94. The number of ether oxygens (including phenoxy) is 1. The van der Waals surface area contributed by atoms with Gasteiger partial charge in [0.1, 0.15) is 6.04 Å². The number of likely N-dealkylation sites (tertiary alicyclic amines) is 1. The lowest BCUT2D eigenvalue weighted by atomic mass is 10.0. The average molecular weight is 276 g/mol. The smallest absolute Gasteiger partial charge is 0.244 e. The number of hydrogen-bond donors (Lipinski definition) is 1. The molecule has 20 heavy (non-hydrogen) atoms. The first-order valence-corrected chi connectivity index (χ1v) is 7.43. The molecular weight excluding hydrogens is 252 g/mol. The van der Waals surface area contributed by atoms with E-state index in [0.29, 0.717) is 6.54 Å². The lowest BCUT2D eigenvalue weighted by molar-refractivity contribution is -0.136. The standard InChI is InChI=1S/C16H24N2O2/c1-2-11-20-14-9-6-10-18(12-14)16(19)15(17)13-7-4-3-5-8-13/h3-5,7-8,14-15H,2,6,9-12,17H2,1H3. The molecule has 1 aliphatic rings. The van der Waals surface area contributed by atoms with E-state index in [0.717, 1.165) is 38.0 Å². The first-order chi connectivity index (χ1) is 9.72. The van der Waals surface area contributed by atoms with Crippen molar-refractivity contribution >= 4 is 5.91 Å². The van der Waals surface area contributed by atoms with E-state index in [2.05, 4.69) is 6.92 Å². The highest BCUT2D eigenvalue weighted by molar-refractivity contribution is 5.83. The number of nitrogens with zero attached hydrogens (tertiary/aromatic N) is 1. The molecule has 1 saturated heterocycles. The maximum absolute atomic E-state index is 12.5. The second-order valence-electron chi connectivity index (χ2n) is 5.31. The Morgan fingerprint density at radius 2 is 2.20 bits per heavy atom. The second-order valence-corrected chi connectivity index (χ2v) is 5.31. The van der Waals surface area contributed by atoms with Crippen LogP contribution in [0.15, 0.2) is 30.3 Å². The molecule has 4 nitrogen and oxygen atoms in total. The van der Waals surface area contributed by atoms with Crippen molar-refractivity contribution < 1.29 is 9.53 Å². The topological polar surface area (TPSA) is 55.6 Å². The number of hydrogen-bond acceptors (Lipinski definition) is 3. The van der Waals surface area contributed by atoms with Gasteiger partial charge in [-0.15, -0.1) is 0 Å². The molecular formula is C16H24N2O2. The van der Waals surface area contributed by atoms with Gasteiger partial charge in [-0.25, -0.2) is 0 Å². The summed E-state index contributed by atoms with van der Waals surface area (Å²) in [4.78, 5) is 14.3. The van der Waals surface area contributed by atoms with Crippen LogP contribution in [-0.4, -0.2) is 36.6 Å². The van der Waals surface area contributed by atoms with Crippen molar-refractivity contribution in [2.24, 2.45) is 5.73 Å². The maximum Gasteiger partial charge on any atom is 0.244 e. The summed E-state index contributed by atoms with van der Waals surface area (Å²) in [5, 5.41) is 0. The van der Waals surface area contributed by atoms with Gasteiger partial charge in [-0.2, -0.15) is 0 Å². The lowest BCUT2D eigenvalue weighted by Gasteiger charge is -2.34. The molecule has 0 saturated carbocycles. The first kappa shape index (κ1) is 15.0. The predicted octanol–water partition coefficient (Wildman–Crippen LogP) is 2.10. The highest BCUT2D eigenvalue weighted by Crippen LogP contribution is 2.18. The van der Waals surface area contributed by atoms with Crippen LogP contribution < -0.4 is 5.73 Å². The molecule has 1 aromatic carbocycles. The van der Waals surface area contributed by atoms with Crippen LogP contribution >= 0.6 is 0 Å². The van der Waals surface area contributed by atoms with E-state index in [-0.39, 0.29) is 12.0 Å². The van der Waals surface area contributed by atoms with Gasteiger partial charge in [0.05, 0.1) is 6.10 Å². The molecule has 2 N–H and O–H groups in total. The quantitative estimate of drug-likeness (QED) is 0.896. The minimum atomic E-state index is -0.568. The molecule has 110 valence electrons. The van der Waals surface area contributed by atoms with E-state index >= 15 is 0 Å².